The minimum atomic E-state index is -0.940. The number of H-pyrrole nitrogens is 2. The second kappa shape index (κ2) is 5.02. The van der Waals surface area contributed by atoms with Gasteiger partial charge in [0.1, 0.15) is 10.2 Å². The number of hydrogen-bond acceptors (Lipinski definition) is 5. The van der Waals surface area contributed by atoms with Gasteiger partial charge in [-0.05, 0) is 0 Å². The van der Waals surface area contributed by atoms with Crippen molar-refractivity contribution in [1.29, 1.82) is 0 Å². The lowest BCUT2D eigenvalue weighted by atomic mass is 10.6. The Hall–Kier alpha value is -2.00. The van der Waals surface area contributed by atoms with Crippen LogP contribution in [-0.2, 0) is 0 Å². The fourth-order valence-corrected chi connectivity index (χ4v) is 0.979. The van der Waals surface area contributed by atoms with E-state index in [1.807, 2.05) is 0 Å². The molecule has 80 valence electrons. The molecule has 0 saturated carbocycles. The Bertz CT molecular complexity index is 505. The molecule has 15 heavy (non-hydrogen) atoms. The number of nitrogens with two attached hydrogens (primary N) is 1. The number of urea groups is 1. The standard InChI is InChI=1S/C5H4N4S.CH4N2O2/c10-5-3-4(7-1-6-3)8-2-9-5;2-1(4)3-5/h1-2H,(H2,6,7,8,9,10);5H,(H3,2,3,4). The van der Waals surface area contributed by atoms with Gasteiger partial charge in [-0.3, -0.25) is 5.21 Å². The molecule has 0 unspecified atom stereocenters. The Kier molecular flexibility index (Phi) is 3.71. The summed E-state index contributed by atoms with van der Waals surface area (Å²) in [5, 5.41) is 7.42. The van der Waals surface area contributed by atoms with Gasteiger partial charge in [-0.25, -0.2) is 20.2 Å². The SMILES string of the molecule is NC(=O)NO.S=c1[nH]cnc2nc[nH]c12. The number of imidazole rings is 1. The van der Waals surface area contributed by atoms with Crippen LogP contribution in [-0.4, -0.2) is 31.2 Å². The number of hydrogen-bond donors (Lipinski definition) is 5. The second-order valence-electron chi connectivity index (χ2n) is 2.31. The van der Waals surface area contributed by atoms with Crippen molar-refractivity contribution in [2.45, 2.75) is 0 Å². The maximum absolute atomic E-state index is 9.23. The molecule has 2 heterocycles. The van der Waals surface area contributed by atoms with Crippen molar-refractivity contribution >= 4 is 29.4 Å². The zero-order valence-corrected chi connectivity index (χ0v) is 8.21. The number of primary amides is 1. The number of nitrogens with one attached hydrogen (secondary N) is 3. The molecule has 0 saturated heterocycles. The van der Waals surface area contributed by atoms with Gasteiger partial charge in [-0.1, -0.05) is 12.2 Å². The third-order valence-corrected chi connectivity index (χ3v) is 1.66. The molecular weight excluding hydrogens is 220 g/mol. The maximum Gasteiger partial charge on any atom is 0.335 e. The topological polar surface area (TPSA) is 133 Å². The number of aromatic nitrogens is 4. The minimum absolute atomic E-state index is 0.641. The molecule has 0 bridgehead atoms. The van der Waals surface area contributed by atoms with Gasteiger partial charge in [-0.15, -0.1) is 0 Å². The predicted molar refractivity (Wildman–Crippen MR) is 53.6 cm³/mol. The summed E-state index contributed by atoms with van der Waals surface area (Å²) in [5.41, 5.74) is 6.90. The number of carbonyl (C=O) groups excluding carboxylic acids is 1. The highest BCUT2D eigenvalue weighted by molar-refractivity contribution is 7.71. The minimum Gasteiger partial charge on any atom is -0.350 e. The van der Waals surface area contributed by atoms with E-state index in [2.05, 4.69) is 25.7 Å². The van der Waals surface area contributed by atoms with Gasteiger partial charge in [-0.2, -0.15) is 0 Å². The van der Waals surface area contributed by atoms with E-state index < -0.39 is 6.03 Å². The van der Waals surface area contributed by atoms with Crippen LogP contribution in [0.5, 0.6) is 0 Å². The monoisotopic (exact) mass is 228 g/mol. The first-order chi connectivity index (χ1) is 7.15. The first-order valence-electron chi connectivity index (χ1n) is 3.71. The molecule has 2 aromatic heterocycles. The first-order valence-corrected chi connectivity index (χ1v) is 4.12. The smallest absolute Gasteiger partial charge is 0.335 e. The number of fused-ring (bicyclic) bond motifs is 1. The summed E-state index contributed by atoms with van der Waals surface area (Å²) in [6.45, 7) is 0. The summed E-state index contributed by atoms with van der Waals surface area (Å²) in [6.07, 6.45) is 3.10. The number of amides is 2. The number of rotatable bonds is 0. The molecule has 2 aromatic rings. The van der Waals surface area contributed by atoms with Crippen molar-refractivity contribution in [3.63, 3.8) is 0 Å². The molecule has 0 aliphatic carbocycles. The van der Waals surface area contributed by atoms with E-state index in [1.54, 1.807) is 6.33 Å². The highest BCUT2D eigenvalue weighted by atomic mass is 32.1. The third-order valence-electron chi connectivity index (χ3n) is 1.34. The lowest BCUT2D eigenvalue weighted by Crippen LogP contribution is -2.25. The Morgan fingerprint density at radius 3 is 2.47 bits per heavy atom. The van der Waals surface area contributed by atoms with Crippen LogP contribution in [0.15, 0.2) is 12.7 Å². The molecule has 0 fully saturated rings. The van der Waals surface area contributed by atoms with Crippen LogP contribution in [0, 0.1) is 4.64 Å². The zero-order valence-electron chi connectivity index (χ0n) is 7.39. The van der Waals surface area contributed by atoms with Crippen LogP contribution in [0.25, 0.3) is 11.2 Å². The Labute approximate surface area is 88.5 Å². The zero-order chi connectivity index (χ0) is 11.3. The van der Waals surface area contributed by atoms with Crippen molar-refractivity contribution in [1.82, 2.24) is 25.4 Å². The van der Waals surface area contributed by atoms with Crippen LogP contribution < -0.4 is 11.2 Å². The van der Waals surface area contributed by atoms with E-state index in [1.165, 1.54) is 11.8 Å². The molecule has 0 aliphatic heterocycles. The van der Waals surface area contributed by atoms with E-state index >= 15 is 0 Å². The fourth-order valence-electron chi connectivity index (χ4n) is 0.776. The number of hydroxylamine groups is 1. The highest BCUT2D eigenvalue weighted by Gasteiger charge is 1.94. The van der Waals surface area contributed by atoms with Crippen LogP contribution in [0.4, 0.5) is 4.79 Å². The van der Waals surface area contributed by atoms with Gasteiger partial charge in [0.05, 0.1) is 12.7 Å². The molecular formula is C6H8N6O2S. The molecule has 0 aliphatic rings. The molecule has 2 amide bonds. The summed E-state index contributed by atoms with van der Waals surface area (Å²) in [4.78, 5) is 22.8. The molecule has 0 aromatic carbocycles. The normalized spacial score (nSPS) is 9.13. The van der Waals surface area contributed by atoms with Crippen molar-refractivity contribution in [2.24, 2.45) is 5.73 Å². The van der Waals surface area contributed by atoms with Crippen molar-refractivity contribution in [3.05, 3.63) is 17.3 Å². The van der Waals surface area contributed by atoms with Crippen molar-refractivity contribution < 1.29 is 10.0 Å². The average molecular weight is 228 g/mol. The van der Waals surface area contributed by atoms with Gasteiger partial charge in [0, 0.05) is 0 Å². The first kappa shape index (κ1) is 11.1. The molecule has 2 rings (SSSR count). The van der Waals surface area contributed by atoms with E-state index in [0.29, 0.717) is 10.3 Å². The molecule has 0 atom stereocenters. The van der Waals surface area contributed by atoms with Crippen molar-refractivity contribution in [2.75, 3.05) is 0 Å². The summed E-state index contributed by atoms with van der Waals surface area (Å²) in [7, 11) is 0. The molecule has 6 N–H and O–H groups in total. The van der Waals surface area contributed by atoms with E-state index in [4.69, 9.17) is 17.4 Å². The van der Waals surface area contributed by atoms with Crippen LogP contribution in [0.2, 0.25) is 0 Å². The number of carbonyl (C=O) groups is 1. The van der Waals surface area contributed by atoms with Gasteiger partial charge < -0.3 is 15.7 Å². The van der Waals surface area contributed by atoms with Crippen LogP contribution >= 0.6 is 12.2 Å². The van der Waals surface area contributed by atoms with Gasteiger partial charge in [0.2, 0.25) is 0 Å². The second-order valence-corrected chi connectivity index (χ2v) is 2.72. The van der Waals surface area contributed by atoms with Gasteiger partial charge >= 0.3 is 6.03 Å². The summed E-state index contributed by atoms with van der Waals surface area (Å²) >= 11 is 4.94. The number of nitrogens with zero attached hydrogens (tertiary/aromatic N) is 2. The lowest BCUT2D eigenvalue weighted by Gasteiger charge is -1.84. The molecule has 8 nitrogen and oxygen atoms in total. The van der Waals surface area contributed by atoms with E-state index in [9.17, 15) is 4.79 Å². The van der Waals surface area contributed by atoms with Gasteiger partial charge in [0.25, 0.3) is 0 Å². The van der Waals surface area contributed by atoms with E-state index in [-0.39, 0.29) is 0 Å². The molecule has 9 heteroatoms. The quantitative estimate of drug-likeness (QED) is 0.247. The van der Waals surface area contributed by atoms with Gasteiger partial charge in [0.15, 0.2) is 5.65 Å². The number of aromatic amines is 2. The highest BCUT2D eigenvalue weighted by Crippen LogP contribution is 2.02. The van der Waals surface area contributed by atoms with Crippen LogP contribution in [0.1, 0.15) is 0 Å². The largest absolute Gasteiger partial charge is 0.350 e. The Balaban J connectivity index is 0.000000195. The average Bonchev–Trinajstić information content (AvgIpc) is 2.68. The summed E-state index contributed by atoms with van der Waals surface area (Å²) in [5.74, 6) is 0. The summed E-state index contributed by atoms with van der Waals surface area (Å²) in [6, 6.07) is -0.940. The Morgan fingerprint density at radius 1 is 1.47 bits per heavy atom. The fraction of sp³-hybridized carbons (Fsp3) is 0. The third kappa shape index (κ3) is 3.00. The summed E-state index contributed by atoms with van der Waals surface area (Å²) < 4.78 is 0.641. The molecule has 0 spiro atoms. The van der Waals surface area contributed by atoms with Crippen LogP contribution in [0.3, 0.4) is 0 Å². The predicted octanol–water partition coefficient (Wildman–Crippen LogP) is 0.0594. The Morgan fingerprint density at radius 2 is 2.00 bits per heavy atom. The van der Waals surface area contributed by atoms with Crippen molar-refractivity contribution in [3.8, 4) is 0 Å². The van der Waals surface area contributed by atoms with E-state index in [0.717, 1.165) is 5.52 Å². The maximum atomic E-state index is 9.23. The lowest BCUT2D eigenvalue weighted by molar-refractivity contribution is 0.169. The molecule has 0 radical (unpaired) electrons.